The molecule has 0 saturated carbocycles. The summed E-state index contributed by atoms with van der Waals surface area (Å²) in [4.78, 5) is 17.0. The SMILES string of the molecule is [Pt].c1ccc(-c2nc3cccnc3[n-]2)nc1. The van der Waals surface area contributed by atoms with Crippen molar-refractivity contribution in [3.05, 3.63) is 42.7 Å². The minimum absolute atomic E-state index is 0. The van der Waals surface area contributed by atoms with E-state index in [0.717, 1.165) is 11.2 Å². The Labute approximate surface area is 106 Å². The molecule has 0 radical (unpaired) electrons. The van der Waals surface area contributed by atoms with Gasteiger partial charge in [-0.15, -0.1) is 0 Å². The van der Waals surface area contributed by atoms with Crippen molar-refractivity contribution in [3.8, 4) is 11.5 Å². The van der Waals surface area contributed by atoms with Crippen molar-refractivity contribution in [1.29, 1.82) is 0 Å². The van der Waals surface area contributed by atoms with E-state index in [-0.39, 0.29) is 21.1 Å². The van der Waals surface area contributed by atoms with E-state index in [4.69, 9.17) is 0 Å². The van der Waals surface area contributed by atoms with Crippen molar-refractivity contribution in [1.82, 2.24) is 19.9 Å². The molecule has 0 saturated heterocycles. The summed E-state index contributed by atoms with van der Waals surface area (Å²) < 4.78 is 0. The molecule has 82 valence electrons. The number of fused-ring (bicyclic) bond motifs is 1. The van der Waals surface area contributed by atoms with Crippen LogP contribution < -0.4 is 4.98 Å². The Hall–Kier alpha value is -1.54. The van der Waals surface area contributed by atoms with Gasteiger partial charge in [0.2, 0.25) is 0 Å². The third-order valence-corrected chi connectivity index (χ3v) is 2.10. The second kappa shape index (κ2) is 4.54. The van der Waals surface area contributed by atoms with E-state index in [1.54, 1.807) is 12.4 Å². The number of nitrogens with zero attached hydrogens (tertiary/aromatic N) is 4. The van der Waals surface area contributed by atoms with Gasteiger partial charge in [-0.05, 0) is 18.3 Å². The van der Waals surface area contributed by atoms with Crippen molar-refractivity contribution in [2.24, 2.45) is 0 Å². The summed E-state index contributed by atoms with van der Waals surface area (Å²) >= 11 is 0. The number of pyridine rings is 2. The number of aromatic nitrogens is 4. The van der Waals surface area contributed by atoms with E-state index >= 15 is 0 Å². The Bertz CT molecular complexity index is 558. The second-order valence-corrected chi connectivity index (χ2v) is 3.11. The third-order valence-electron chi connectivity index (χ3n) is 2.10. The molecule has 3 heterocycles. The van der Waals surface area contributed by atoms with Crippen LogP contribution in [0.5, 0.6) is 0 Å². The van der Waals surface area contributed by atoms with Gasteiger partial charge in [-0.1, -0.05) is 18.2 Å². The van der Waals surface area contributed by atoms with Crippen molar-refractivity contribution in [2.45, 2.75) is 0 Å². The van der Waals surface area contributed by atoms with Gasteiger partial charge in [0.1, 0.15) is 0 Å². The average molecular weight is 390 g/mol. The van der Waals surface area contributed by atoms with Gasteiger partial charge in [0.25, 0.3) is 0 Å². The average Bonchev–Trinajstić information content (AvgIpc) is 2.74. The second-order valence-electron chi connectivity index (χ2n) is 3.11. The largest absolute Gasteiger partial charge is 0.368 e. The van der Waals surface area contributed by atoms with Crippen LogP contribution in [0.15, 0.2) is 42.7 Å². The molecule has 3 rings (SSSR count). The van der Waals surface area contributed by atoms with E-state index in [9.17, 15) is 0 Å². The molecule has 0 aromatic carbocycles. The van der Waals surface area contributed by atoms with E-state index in [1.807, 2.05) is 30.3 Å². The molecule has 16 heavy (non-hydrogen) atoms. The van der Waals surface area contributed by atoms with Crippen LogP contribution in [0.25, 0.3) is 22.7 Å². The molecule has 0 aliphatic rings. The Morgan fingerprint density at radius 3 is 2.56 bits per heavy atom. The number of hydrogen-bond donors (Lipinski definition) is 0. The predicted octanol–water partition coefficient (Wildman–Crippen LogP) is 1.65. The van der Waals surface area contributed by atoms with Crippen LogP contribution >= 0.6 is 0 Å². The maximum absolute atomic E-state index is 4.35. The standard InChI is InChI=1S/C11H7N4.Pt/c1-2-6-12-8(4-1)11-14-9-5-3-7-13-10(9)15-11;/h1-7H;/q-1;. The normalized spacial score (nSPS) is 10.0. The van der Waals surface area contributed by atoms with Gasteiger partial charge >= 0.3 is 0 Å². The summed E-state index contributed by atoms with van der Waals surface area (Å²) in [6.45, 7) is 0. The first-order valence-electron chi connectivity index (χ1n) is 4.60. The molecule has 0 spiro atoms. The molecule has 5 heteroatoms. The van der Waals surface area contributed by atoms with Crippen LogP contribution in [0.1, 0.15) is 0 Å². The molecule has 4 nitrogen and oxygen atoms in total. The van der Waals surface area contributed by atoms with Gasteiger partial charge in [0.15, 0.2) is 0 Å². The molecular weight excluding hydrogens is 383 g/mol. The van der Waals surface area contributed by atoms with Crippen LogP contribution in [0.3, 0.4) is 0 Å². The van der Waals surface area contributed by atoms with Gasteiger partial charge in [0.05, 0.1) is 5.69 Å². The van der Waals surface area contributed by atoms with Crippen LogP contribution in [-0.4, -0.2) is 15.0 Å². The summed E-state index contributed by atoms with van der Waals surface area (Å²) in [5, 5.41) is 0. The predicted molar refractivity (Wildman–Crippen MR) is 56.1 cm³/mol. The Morgan fingerprint density at radius 2 is 1.81 bits per heavy atom. The molecular formula is C11H7N4Pt-. The van der Waals surface area contributed by atoms with E-state index < -0.39 is 0 Å². The molecule has 0 unspecified atom stereocenters. The van der Waals surface area contributed by atoms with Gasteiger partial charge < -0.3 is 15.0 Å². The summed E-state index contributed by atoms with van der Waals surface area (Å²) in [6, 6.07) is 9.40. The van der Waals surface area contributed by atoms with Crippen LogP contribution in [-0.2, 0) is 21.1 Å². The fourth-order valence-corrected chi connectivity index (χ4v) is 1.41. The van der Waals surface area contributed by atoms with E-state index in [2.05, 4.69) is 19.9 Å². The topological polar surface area (TPSA) is 52.8 Å². The molecule has 0 aliphatic carbocycles. The van der Waals surface area contributed by atoms with Crippen molar-refractivity contribution < 1.29 is 21.1 Å². The summed E-state index contributed by atoms with van der Waals surface area (Å²) in [7, 11) is 0. The number of imidazole rings is 1. The smallest absolute Gasteiger partial charge is 0.0755 e. The summed E-state index contributed by atoms with van der Waals surface area (Å²) in [6.07, 6.45) is 3.43. The quantitative estimate of drug-likeness (QED) is 0.634. The molecule has 0 N–H and O–H groups in total. The van der Waals surface area contributed by atoms with Crippen molar-refractivity contribution in [2.75, 3.05) is 0 Å². The maximum atomic E-state index is 4.35. The minimum atomic E-state index is 0. The number of rotatable bonds is 1. The minimum Gasteiger partial charge on any atom is -0.368 e. The molecule has 3 aromatic rings. The first kappa shape index (κ1) is 11.0. The van der Waals surface area contributed by atoms with Gasteiger partial charge in [-0.25, -0.2) is 0 Å². The Kier molecular flexibility index (Phi) is 3.11. The monoisotopic (exact) mass is 390 g/mol. The molecule has 0 amide bonds. The van der Waals surface area contributed by atoms with Crippen molar-refractivity contribution >= 4 is 11.2 Å². The molecule has 0 fully saturated rings. The van der Waals surface area contributed by atoms with Crippen LogP contribution in [0.4, 0.5) is 0 Å². The molecule has 0 atom stereocenters. The zero-order valence-electron chi connectivity index (χ0n) is 8.15. The summed E-state index contributed by atoms with van der Waals surface area (Å²) in [5.41, 5.74) is 2.24. The molecule has 0 aliphatic heterocycles. The fourth-order valence-electron chi connectivity index (χ4n) is 1.41. The Morgan fingerprint density at radius 1 is 0.938 bits per heavy atom. The van der Waals surface area contributed by atoms with Gasteiger partial charge in [-0.2, -0.15) is 0 Å². The van der Waals surface area contributed by atoms with Crippen molar-refractivity contribution in [3.63, 3.8) is 0 Å². The molecule has 3 aromatic heterocycles. The van der Waals surface area contributed by atoms with Crippen LogP contribution in [0.2, 0.25) is 0 Å². The fraction of sp³-hybridized carbons (Fsp3) is 0. The van der Waals surface area contributed by atoms with Gasteiger partial charge in [0, 0.05) is 44.3 Å². The Balaban J connectivity index is 0.000000963. The first-order chi connectivity index (χ1) is 7.43. The van der Waals surface area contributed by atoms with E-state index in [0.29, 0.717) is 11.5 Å². The van der Waals surface area contributed by atoms with E-state index in [1.165, 1.54) is 0 Å². The zero-order valence-corrected chi connectivity index (χ0v) is 10.4. The van der Waals surface area contributed by atoms with Crippen LogP contribution in [0, 0.1) is 0 Å². The third kappa shape index (κ3) is 1.88. The number of hydrogen-bond acceptors (Lipinski definition) is 3. The zero-order chi connectivity index (χ0) is 10.1. The van der Waals surface area contributed by atoms with Gasteiger partial charge in [-0.3, -0.25) is 4.98 Å². The molecule has 0 bridgehead atoms. The summed E-state index contributed by atoms with van der Waals surface area (Å²) in [5.74, 6) is 0.629. The first-order valence-corrected chi connectivity index (χ1v) is 4.60. The maximum Gasteiger partial charge on any atom is 0.0755 e.